The molecule has 1 aliphatic rings. The van der Waals surface area contributed by atoms with Crippen molar-refractivity contribution in [2.75, 3.05) is 33.2 Å². The van der Waals surface area contributed by atoms with Gasteiger partial charge in [-0.05, 0) is 31.8 Å². The van der Waals surface area contributed by atoms with E-state index in [0.717, 1.165) is 13.1 Å². The number of likely N-dealkylation sites (tertiary alicyclic amines) is 1. The summed E-state index contributed by atoms with van der Waals surface area (Å²) in [5, 5.41) is 0. The van der Waals surface area contributed by atoms with E-state index in [9.17, 15) is 4.79 Å². The number of amides is 1. The first-order valence-corrected chi connectivity index (χ1v) is 7.05. The number of hydrogen-bond acceptors (Lipinski definition) is 2. The highest BCUT2D eigenvalue weighted by Gasteiger charge is 2.22. The minimum Gasteiger partial charge on any atom is -0.343 e. The number of halogens is 1. The first-order valence-electron chi connectivity index (χ1n) is 6.13. The van der Waals surface area contributed by atoms with Crippen LogP contribution in [0.2, 0.25) is 0 Å². The first kappa shape index (κ1) is 14.0. The Balaban J connectivity index is 2.27. The van der Waals surface area contributed by atoms with Gasteiger partial charge in [-0.1, -0.05) is 29.8 Å². The maximum atomic E-state index is 11.9. The molecule has 0 aromatic rings. The van der Waals surface area contributed by atoms with Crippen molar-refractivity contribution in [3.63, 3.8) is 0 Å². The van der Waals surface area contributed by atoms with Crippen molar-refractivity contribution < 1.29 is 4.79 Å². The standard InChI is InChI=1S/C12H23BrN2O/c1-10(2)11(13)12(16)14(3)8-9-15-6-4-5-7-15/h10-11H,4-9H2,1-3H3. The van der Waals surface area contributed by atoms with Crippen LogP contribution in [0.1, 0.15) is 26.7 Å². The van der Waals surface area contributed by atoms with Crippen LogP contribution in [0, 0.1) is 5.92 Å². The fourth-order valence-corrected chi connectivity index (χ4v) is 2.25. The third-order valence-corrected chi connectivity index (χ3v) is 4.60. The normalized spacial score (nSPS) is 19.1. The van der Waals surface area contributed by atoms with E-state index in [-0.39, 0.29) is 10.7 Å². The lowest BCUT2D eigenvalue weighted by Gasteiger charge is -2.24. The van der Waals surface area contributed by atoms with E-state index < -0.39 is 0 Å². The molecule has 0 radical (unpaired) electrons. The van der Waals surface area contributed by atoms with Gasteiger partial charge in [-0.25, -0.2) is 0 Å². The summed E-state index contributed by atoms with van der Waals surface area (Å²) in [7, 11) is 1.90. The first-order chi connectivity index (χ1) is 7.52. The molecular weight excluding hydrogens is 268 g/mol. The van der Waals surface area contributed by atoms with Crippen molar-refractivity contribution in [1.82, 2.24) is 9.80 Å². The van der Waals surface area contributed by atoms with Gasteiger partial charge in [0.15, 0.2) is 0 Å². The molecule has 0 aromatic heterocycles. The quantitative estimate of drug-likeness (QED) is 0.723. The predicted molar refractivity (Wildman–Crippen MR) is 70.9 cm³/mol. The molecule has 0 aromatic carbocycles. The Hall–Kier alpha value is -0.0900. The molecule has 1 heterocycles. The van der Waals surface area contributed by atoms with Crippen molar-refractivity contribution in [2.45, 2.75) is 31.5 Å². The fraction of sp³-hybridized carbons (Fsp3) is 0.917. The molecule has 1 unspecified atom stereocenters. The van der Waals surface area contributed by atoms with Crippen molar-refractivity contribution in [2.24, 2.45) is 5.92 Å². The van der Waals surface area contributed by atoms with Gasteiger partial charge in [0.05, 0.1) is 4.83 Å². The molecule has 1 rings (SSSR count). The van der Waals surface area contributed by atoms with Gasteiger partial charge in [0, 0.05) is 20.1 Å². The van der Waals surface area contributed by atoms with Crippen LogP contribution in [0.5, 0.6) is 0 Å². The van der Waals surface area contributed by atoms with Crippen LogP contribution in [-0.4, -0.2) is 53.8 Å². The topological polar surface area (TPSA) is 23.6 Å². The Morgan fingerprint density at radius 1 is 1.38 bits per heavy atom. The largest absolute Gasteiger partial charge is 0.343 e. The maximum Gasteiger partial charge on any atom is 0.236 e. The number of hydrogen-bond donors (Lipinski definition) is 0. The SMILES string of the molecule is CC(C)C(Br)C(=O)N(C)CCN1CCCC1. The molecule has 1 aliphatic heterocycles. The molecule has 0 saturated carbocycles. The van der Waals surface area contributed by atoms with E-state index in [1.807, 2.05) is 11.9 Å². The van der Waals surface area contributed by atoms with Crippen LogP contribution in [0.15, 0.2) is 0 Å². The summed E-state index contributed by atoms with van der Waals surface area (Å²) >= 11 is 3.46. The van der Waals surface area contributed by atoms with E-state index in [2.05, 4.69) is 34.7 Å². The second kappa shape index (κ2) is 6.60. The lowest BCUT2D eigenvalue weighted by atomic mass is 10.1. The highest BCUT2D eigenvalue weighted by Crippen LogP contribution is 2.14. The van der Waals surface area contributed by atoms with Gasteiger partial charge in [0.1, 0.15) is 0 Å². The lowest BCUT2D eigenvalue weighted by Crippen LogP contribution is -2.40. The minimum absolute atomic E-state index is 0.0453. The zero-order chi connectivity index (χ0) is 12.1. The summed E-state index contributed by atoms with van der Waals surface area (Å²) in [5.41, 5.74) is 0. The number of carbonyl (C=O) groups excluding carboxylic acids is 1. The molecule has 1 saturated heterocycles. The Morgan fingerprint density at radius 2 is 1.94 bits per heavy atom. The van der Waals surface area contributed by atoms with Gasteiger partial charge < -0.3 is 9.80 Å². The Bertz CT molecular complexity index is 227. The molecule has 94 valence electrons. The van der Waals surface area contributed by atoms with Gasteiger partial charge in [0.25, 0.3) is 0 Å². The second-order valence-electron chi connectivity index (χ2n) is 4.95. The van der Waals surface area contributed by atoms with Crippen LogP contribution in [-0.2, 0) is 4.79 Å². The number of nitrogens with zero attached hydrogens (tertiary/aromatic N) is 2. The molecule has 0 bridgehead atoms. The monoisotopic (exact) mass is 290 g/mol. The molecule has 1 atom stereocenters. The van der Waals surface area contributed by atoms with E-state index in [0.29, 0.717) is 5.92 Å². The number of alkyl halides is 1. The third kappa shape index (κ3) is 4.06. The Morgan fingerprint density at radius 3 is 2.44 bits per heavy atom. The van der Waals surface area contributed by atoms with E-state index in [1.54, 1.807) is 0 Å². The van der Waals surface area contributed by atoms with Gasteiger partial charge in [-0.3, -0.25) is 4.79 Å². The van der Waals surface area contributed by atoms with Crippen LogP contribution >= 0.6 is 15.9 Å². The minimum atomic E-state index is -0.0453. The zero-order valence-electron chi connectivity index (χ0n) is 10.6. The van der Waals surface area contributed by atoms with Crippen molar-refractivity contribution >= 4 is 21.8 Å². The van der Waals surface area contributed by atoms with Gasteiger partial charge in [-0.2, -0.15) is 0 Å². The molecule has 1 fully saturated rings. The van der Waals surface area contributed by atoms with Crippen LogP contribution in [0.4, 0.5) is 0 Å². The summed E-state index contributed by atoms with van der Waals surface area (Å²) in [4.78, 5) is 16.2. The molecule has 0 N–H and O–H groups in total. The summed E-state index contributed by atoms with van der Waals surface area (Å²) in [6.07, 6.45) is 2.62. The maximum absolute atomic E-state index is 11.9. The zero-order valence-corrected chi connectivity index (χ0v) is 12.2. The van der Waals surface area contributed by atoms with Crippen LogP contribution in [0.3, 0.4) is 0 Å². The summed E-state index contributed by atoms with van der Waals surface area (Å²) in [5.74, 6) is 0.552. The van der Waals surface area contributed by atoms with Gasteiger partial charge in [0.2, 0.25) is 5.91 Å². The fourth-order valence-electron chi connectivity index (χ4n) is 1.90. The summed E-state index contributed by atoms with van der Waals surface area (Å²) < 4.78 is 0. The van der Waals surface area contributed by atoms with E-state index in [1.165, 1.54) is 25.9 Å². The molecule has 1 amide bonds. The van der Waals surface area contributed by atoms with Gasteiger partial charge >= 0.3 is 0 Å². The van der Waals surface area contributed by atoms with Crippen LogP contribution in [0.25, 0.3) is 0 Å². The highest BCUT2D eigenvalue weighted by molar-refractivity contribution is 9.10. The number of carbonyl (C=O) groups is 1. The molecule has 16 heavy (non-hydrogen) atoms. The summed E-state index contributed by atoms with van der Waals surface area (Å²) in [6, 6.07) is 0. The number of likely N-dealkylation sites (N-methyl/N-ethyl adjacent to an activating group) is 1. The van der Waals surface area contributed by atoms with Crippen molar-refractivity contribution in [1.29, 1.82) is 0 Å². The molecule has 4 heteroatoms. The third-order valence-electron chi connectivity index (χ3n) is 3.15. The van der Waals surface area contributed by atoms with Crippen molar-refractivity contribution in [3.8, 4) is 0 Å². The average molecular weight is 291 g/mol. The van der Waals surface area contributed by atoms with E-state index in [4.69, 9.17) is 0 Å². The molecule has 0 aliphatic carbocycles. The predicted octanol–water partition coefficient (Wildman–Crippen LogP) is 1.96. The molecular formula is C12H23BrN2O. The summed E-state index contributed by atoms with van der Waals surface area (Å²) in [6.45, 7) is 8.37. The molecule has 3 nitrogen and oxygen atoms in total. The van der Waals surface area contributed by atoms with Crippen molar-refractivity contribution in [3.05, 3.63) is 0 Å². The average Bonchev–Trinajstić information content (AvgIpc) is 2.76. The molecule has 0 spiro atoms. The van der Waals surface area contributed by atoms with E-state index >= 15 is 0 Å². The lowest BCUT2D eigenvalue weighted by molar-refractivity contribution is -0.130. The van der Waals surface area contributed by atoms with Crippen LogP contribution < -0.4 is 0 Å². The highest BCUT2D eigenvalue weighted by atomic mass is 79.9. The Labute approximate surface area is 107 Å². The smallest absolute Gasteiger partial charge is 0.236 e. The number of rotatable bonds is 5. The Kier molecular flexibility index (Phi) is 5.76. The van der Waals surface area contributed by atoms with Gasteiger partial charge in [-0.15, -0.1) is 0 Å². The second-order valence-corrected chi connectivity index (χ2v) is 5.94.